The zero-order valence-electron chi connectivity index (χ0n) is 10.4. The molecule has 0 saturated carbocycles. The molecule has 0 unspecified atom stereocenters. The normalized spacial score (nSPS) is 10.4. The summed E-state index contributed by atoms with van der Waals surface area (Å²) in [5.41, 5.74) is 2.70. The van der Waals surface area contributed by atoms with Crippen LogP contribution in [-0.4, -0.2) is 19.5 Å². The zero-order valence-corrected chi connectivity index (χ0v) is 11.1. The minimum absolute atomic E-state index is 0.799. The molecule has 0 aliphatic rings. The number of nitrogens with zero attached hydrogens (tertiary/aromatic N) is 1. The molecule has 0 radical (unpaired) electrons. The number of unbranched alkanes of at least 4 members (excludes halogenated alkanes) is 3. The van der Waals surface area contributed by atoms with E-state index in [4.69, 9.17) is 11.6 Å². The van der Waals surface area contributed by atoms with Crippen LogP contribution in [0.5, 0.6) is 0 Å². The molecule has 0 amide bonds. The third-order valence-corrected chi connectivity index (χ3v) is 3.17. The largest absolute Gasteiger partial charge is 0.374 e. The van der Waals surface area contributed by atoms with Gasteiger partial charge in [0, 0.05) is 25.2 Å². The first-order valence-corrected chi connectivity index (χ1v) is 6.62. The predicted octanol–water partition coefficient (Wildman–Crippen LogP) is 4.23. The van der Waals surface area contributed by atoms with E-state index in [2.05, 4.69) is 43.1 Å². The number of para-hydroxylation sites is 1. The average molecular weight is 240 g/mol. The molecule has 1 nitrogen and oxygen atoms in total. The second kappa shape index (κ2) is 7.56. The van der Waals surface area contributed by atoms with E-state index in [1.165, 1.54) is 30.5 Å². The Morgan fingerprint density at radius 1 is 1.06 bits per heavy atom. The van der Waals surface area contributed by atoms with Crippen molar-refractivity contribution >= 4 is 17.3 Å². The SMILES string of the molecule is Cc1ccccc1N(C)CCCCCCCl. The molecule has 1 rings (SSSR count). The van der Waals surface area contributed by atoms with E-state index >= 15 is 0 Å². The van der Waals surface area contributed by atoms with Crippen LogP contribution in [0.1, 0.15) is 31.2 Å². The van der Waals surface area contributed by atoms with E-state index in [1.54, 1.807) is 0 Å². The van der Waals surface area contributed by atoms with Crippen molar-refractivity contribution in [2.75, 3.05) is 24.4 Å². The maximum atomic E-state index is 5.65. The van der Waals surface area contributed by atoms with E-state index in [9.17, 15) is 0 Å². The van der Waals surface area contributed by atoms with Gasteiger partial charge in [-0.3, -0.25) is 0 Å². The lowest BCUT2D eigenvalue weighted by atomic mass is 10.1. The number of alkyl halides is 1. The summed E-state index contributed by atoms with van der Waals surface area (Å²) >= 11 is 5.65. The number of benzene rings is 1. The summed E-state index contributed by atoms with van der Waals surface area (Å²) in [6.07, 6.45) is 4.94. The van der Waals surface area contributed by atoms with Gasteiger partial charge >= 0.3 is 0 Å². The predicted molar refractivity (Wildman–Crippen MR) is 73.6 cm³/mol. The lowest BCUT2D eigenvalue weighted by Gasteiger charge is -2.21. The molecule has 1 aromatic rings. The van der Waals surface area contributed by atoms with Crippen LogP contribution in [0.25, 0.3) is 0 Å². The molecular weight excluding hydrogens is 218 g/mol. The summed E-state index contributed by atoms with van der Waals surface area (Å²) < 4.78 is 0. The Labute approximate surface area is 104 Å². The maximum absolute atomic E-state index is 5.65. The Bertz CT molecular complexity index is 299. The van der Waals surface area contributed by atoms with Crippen LogP contribution >= 0.6 is 11.6 Å². The molecule has 0 aliphatic heterocycles. The summed E-state index contributed by atoms with van der Waals surface area (Å²) in [5.74, 6) is 0.799. The first-order chi connectivity index (χ1) is 7.75. The minimum Gasteiger partial charge on any atom is -0.374 e. The lowest BCUT2D eigenvalue weighted by molar-refractivity contribution is 0.663. The molecule has 0 heterocycles. The molecular formula is C14H22ClN. The first kappa shape index (κ1) is 13.4. The summed E-state index contributed by atoms with van der Waals surface area (Å²) in [5, 5.41) is 0. The number of aryl methyl sites for hydroxylation is 1. The van der Waals surface area contributed by atoms with Gasteiger partial charge in [-0.25, -0.2) is 0 Å². The van der Waals surface area contributed by atoms with Crippen LogP contribution < -0.4 is 4.90 Å². The standard InChI is InChI=1S/C14H22ClN/c1-13-9-5-6-10-14(13)16(2)12-8-4-3-7-11-15/h5-6,9-10H,3-4,7-8,11-12H2,1-2H3. The fourth-order valence-corrected chi connectivity index (χ4v) is 2.10. The highest BCUT2D eigenvalue weighted by molar-refractivity contribution is 6.17. The topological polar surface area (TPSA) is 3.24 Å². The van der Waals surface area contributed by atoms with Gasteiger partial charge in [-0.2, -0.15) is 0 Å². The van der Waals surface area contributed by atoms with Crippen molar-refractivity contribution in [3.8, 4) is 0 Å². The summed E-state index contributed by atoms with van der Waals surface area (Å²) in [6.45, 7) is 3.30. The van der Waals surface area contributed by atoms with E-state index in [0.29, 0.717) is 0 Å². The minimum atomic E-state index is 0.799. The molecule has 0 atom stereocenters. The number of rotatable bonds is 7. The lowest BCUT2D eigenvalue weighted by Crippen LogP contribution is -2.19. The quantitative estimate of drug-likeness (QED) is 0.509. The van der Waals surface area contributed by atoms with E-state index in [1.807, 2.05) is 0 Å². The Hall–Kier alpha value is -0.690. The van der Waals surface area contributed by atoms with Crippen molar-refractivity contribution in [2.45, 2.75) is 32.6 Å². The van der Waals surface area contributed by atoms with Gasteiger partial charge in [-0.1, -0.05) is 31.0 Å². The van der Waals surface area contributed by atoms with Crippen molar-refractivity contribution in [3.05, 3.63) is 29.8 Å². The number of hydrogen-bond donors (Lipinski definition) is 0. The summed E-state index contributed by atoms with van der Waals surface area (Å²) in [7, 11) is 2.17. The number of hydrogen-bond acceptors (Lipinski definition) is 1. The second-order valence-electron chi connectivity index (χ2n) is 4.31. The van der Waals surface area contributed by atoms with Gasteiger partial charge in [-0.15, -0.1) is 11.6 Å². The Kier molecular flexibility index (Phi) is 6.32. The van der Waals surface area contributed by atoms with E-state index in [0.717, 1.165) is 18.8 Å². The highest BCUT2D eigenvalue weighted by Crippen LogP contribution is 2.18. The molecule has 0 aliphatic carbocycles. The molecule has 16 heavy (non-hydrogen) atoms. The first-order valence-electron chi connectivity index (χ1n) is 6.08. The van der Waals surface area contributed by atoms with Crippen LogP contribution in [0.2, 0.25) is 0 Å². The Morgan fingerprint density at radius 2 is 1.75 bits per heavy atom. The third-order valence-electron chi connectivity index (χ3n) is 2.90. The van der Waals surface area contributed by atoms with Gasteiger partial charge in [0.15, 0.2) is 0 Å². The molecule has 90 valence electrons. The molecule has 0 saturated heterocycles. The maximum Gasteiger partial charge on any atom is 0.0393 e. The van der Waals surface area contributed by atoms with Gasteiger partial charge in [0.1, 0.15) is 0 Å². The van der Waals surface area contributed by atoms with Crippen LogP contribution in [0.4, 0.5) is 5.69 Å². The molecule has 0 spiro atoms. The van der Waals surface area contributed by atoms with Crippen molar-refractivity contribution in [2.24, 2.45) is 0 Å². The van der Waals surface area contributed by atoms with E-state index in [-0.39, 0.29) is 0 Å². The average Bonchev–Trinajstić information content (AvgIpc) is 2.29. The highest BCUT2D eigenvalue weighted by Gasteiger charge is 2.02. The van der Waals surface area contributed by atoms with Crippen LogP contribution in [0, 0.1) is 6.92 Å². The molecule has 1 aromatic carbocycles. The highest BCUT2D eigenvalue weighted by atomic mass is 35.5. The monoisotopic (exact) mass is 239 g/mol. The molecule has 0 fully saturated rings. The van der Waals surface area contributed by atoms with Gasteiger partial charge in [0.05, 0.1) is 0 Å². The fourth-order valence-electron chi connectivity index (χ4n) is 1.91. The fraction of sp³-hybridized carbons (Fsp3) is 0.571. The Morgan fingerprint density at radius 3 is 2.44 bits per heavy atom. The molecule has 0 aromatic heterocycles. The second-order valence-corrected chi connectivity index (χ2v) is 4.69. The zero-order chi connectivity index (χ0) is 11.8. The summed E-state index contributed by atoms with van der Waals surface area (Å²) in [4.78, 5) is 2.34. The smallest absolute Gasteiger partial charge is 0.0393 e. The van der Waals surface area contributed by atoms with Gasteiger partial charge < -0.3 is 4.90 Å². The van der Waals surface area contributed by atoms with Gasteiger partial charge in [0.2, 0.25) is 0 Å². The van der Waals surface area contributed by atoms with Crippen molar-refractivity contribution in [1.82, 2.24) is 0 Å². The third kappa shape index (κ3) is 4.44. The number of anilines is 1. The van der Waals surface area contributed by atoms with Crippen molar-refractivity contribution < 1.29 is 0 Å². The molecule has 0 N–H and O–H groups in total. The molecule has 2 heteroatoms. The van der Waals surface area contributed by atoms with Crippen molar-refractivity contribution in [1.29, 1.82) is 0 Å². The van der Waals surface area contributed by atoms with Crippen molar-refractivity contribution in [3.63, 3.8) is 0 Å². The van der Waals surface area contributed by atoms with Crippen LogP contribution in [0.15, 0.2) is 24.3 Å². The van der Waals surface area contributed by atoms with Crippen LogP contribution in [0.3, 0.4) is 0 Å². The van der Waals surface area contributed by atoms with Gasteiger partial charge in [0.25, 0.3) is 0 Å². The van der Waals surface area contributed by atoms with E-state index < -0.39 is 0 Å². The summed E-state index contributed by atoms with van der Waals surface area (Å²) in [6, 6.07) is 8.55. The van der Waals surface area contributed by atoms with Gasteiger partial charge in [-0.05, 0) is 31.4 Å². The molecule has 0 bridgehead atoms. The Balaban J connectivity index is 2.30. The number of halogens is 1. The van der Waals surface area contributed by atoms with Crippen LogP contribution in [-0.2, 0) is 0 Å².